The number of anilines is 1. The molecule has 5 aromatic rings. The number of benzene rings is 1. The Bertz CT molecular complexity index is 1320. The largest absolute Gasteiger partial charge is 0.364 e. The standard InChI is InChI=1S/C22H18BrN7/c1-15-3-2-4-21(27-15)30-19(17-9-10-29-22(11-17)25-14-26-29)12-20(28-30)24-13-16-5-7-18(23)8-6-16/h2-12,14H,13H2,1H3,(H,24,28). The molecule has 148 valence electrons. The predicted octanol–water partition coefficient (Wildman–Crippen LogP) is 4.66. The smallest absolute Gasteiger partial charge is 0.155 e. The SMILES string of the molecule is Cc1cccc(-n2nc(NCc3ccc(Br)cc3)cc2-c2ccn3ncnc3c2)n1. The van der Waals surface area contributed by atoms with Gasteiger partial charge in [0.05, 0.1) is 5.69 Å². The molecule has 7 nitrogen and oxygen atoms in total. The molecule has 0 radical (unpaired) electrons. The number of fused-ring (bicyclic) bond motifs is 1. The Morgan fingerprint density at radius 1 is 1.03 bits per heavy atom. The third kappa shape index (κ3) is 3.69. The van der Waals surface area contributed by atoms with Crippen molar-refractivity contribution in [2.24, 2.45) is 0 Å². The first-order valence-electron chi connectivity index (χ1n) is 9.48. The van der Waals surface area contributed by atoms with Crippen LogP contribution < -0.4 is 5.32 Å². The summed E-state index contributed by atoms with van der Waals surface area (Å²) >= 11 is 3.47. The first-order valence-corrected chi connectivity index (χ1v) is 10.3. The van der Waals surface area contributed by atoms with Crippen LogP contribution >= 0.6 is 15.9 Å². The molecule has 1 aromatic carbocycles. The molecule has 0 saturated heterocycles. The predicted molar refractivity (Wildman–Crippen MR) is 120 cm³/mol. The highest BCUT2D eigenvalue weighted by atomic mass is 79.9. The van der Waals surface area contributed by atoms with E-state index < -0.39 is 0 Å². The van der Waals surface area contributed by atoms with Crippen molar-refractivity contribution >= 4 is 27.4 Å². The molecular formula is C22H18BrN7. The van der Waals surface area contributed by atoms with Gasteiger partial charge < -0.3 is 5.32 Å². The summed E-state index contributed by atoms with van der Waals surface area (Å²) in [5, 5.41) is 12.4. The number of nitrogens with zero attached hydrogens (tertiary/aromatic N) is 6. The lowest BCUT2D eigenvalue weighted by molar-refractivity contribution is 0.845. The Morgan fingerprint density at radius 2 is 1.90 bits per heavy atom. The molecule has 0 unspecified atom stereocenters. The van der Waals surface area contributed by atoms with Gasteiger partial charge in [-0.1, -0.05) is 34.1 Å². The molecular weight excluding hydrogens is 442 g/mol. The summed E-state index contributed by atoms with van der Waals surface area (Å²) in [6, 6.07) is 20.2. The normalized spacial score (nSPS) is 11.1. The molecule has 1 N–H and O–H groups in total. The lowest BCUT2D eigenvalue weighted by Crippen LogP contribution is -2.04. The molecule has 4 heterocycles. The van der Waals surface area contributed by atoms with Crippen LogP contribution in [0.25, 0.3) is 22.7 Å². The average molecular weight is 460 g/mol. The molecule has 0 atom stereocenters. The quantitative estimate of drug-likeness (QED) is 0.413. The highest BCUT2D eigenvalue weighted by molar-refractivity contribution is 9.10. The van der Waals surface area contributed by atoms with E-state index in [0.717, 1.165) is 38.7 Å². The maximum atomic E-state index is 4.79. The minimum atomic E-state index is 0.675. The van der Waals surface area contributed by atoms with Crippen molar-refractivity contribution in [1.82, 2.24) is 29.4 Å². The van der Waals surface area contributed by atoms with Crippen molar-refractivity contribution in [3.05, 3.63) is 88.9 Å². The zero-order valence-electron chi connectivity index (χ0n) is 16.2. The molecule has 0 aliphatic carbocycles. The highest BCUT2D eigenvalue weighted by Gasteiger charge is 2.14. The Morgan fingerprint density at radius 3 is 2.73 bits per heavy atom. The van der Waals surface area contributed by atoms with E-state index in [2.05, 4.69) is 48.4 Å². The van der Waals surface area contributed by atoms with Gasteiger partial charge in [-0.25, -0.2) is 19.2 Å². The van der Waals surface area contributed by atoms with Crippen molar-refractivity contribution < 1.29 is 0 Å². The number of hydrogen-bond acceptors (Lipinski definition) is 5. The molecule has 0 aliphatic heterocycles. The molecule has 0 saturated carbocycles. The Balaban J connectivity index is 1.54. The summed E-state index contributed by atoms with van der Waals surface area (Å²) in [6.07, 6.45) is 3.44. The number of aryl methyl sites for hydroxylation is 1. The fourth-order valence-corrected chi connectivity index (χ4v) is 3.53. The van der Waals surface area contributed by atoms with Crippen molar-refractivity contribution in [2.45, 2.75) is 13.5 Å². The molecule has 0 fully saturated rings. The maximum absolute atomic E-state index is 4.79. The summed E-state index contributed by atoms with van der Waals surface area (Å²) in [4.78, 5) is 8.96. The lowest BCUT2D eigenvalue weighted by atomic mass is 10.2. The Labute approximate surface area is 181 Å². The van der Waals surface area contributed by atoms with Crippen molar-refractivity contribution in [3.63, 3.8) is 0 Å². The maximum Gasteiger partial charge on any atom is 0.155 e. The number of hydrogen-bond donors (Lipinski definition) is 1. The zero-order chi connectivity index (χ0) is 20.5. The van der Waals surface area contributed by atoms with Gasteiger partial charge in [0, 0.05) is 34.5 Å². The van der Waals surface area contributed by atoms with Crippen LogP contribution in [0.5, 0.6) is 0 Å². The molecule has 5 rings (SSSR count). The number of rotatable bonds is 5. The van der Waals surface area contributed by atoms with Gasteiger partial charge in [0.2, 0.25) is 0 Å². The second-order valence-corrected chi connectivity index (χ2v) is 7.84. The van der Waals surface area contributed by atoms with E-state index in [1.807, 2.05) is 66.3 Å². The number of nitrogens with one attached hydrogen (secondary N) is 1. The first-order chi connectivity index (χ1) is 14.7. The van der Waals surface area contributed by atoms with Gasteiger partial charge in [-0.2, -0.15) is 5.10 Å². The highest BCUT2D eigenvalue weighted by Crippen LogP contribution is 2.26. The van der Waals surface area contributed by atoms with Gasteiger partial charge in [0.15, 0.2) is 11.5 Å². The molecule has 0 aliphatic rings. The fraction of sp³-hybridized carbons (Fsp3) is 0.0909. The van der Waals surface area contributed by atoms with E-state index in [1.54, 1.807) is 10.8 Å². The van der Waals surface area contributed by atoms with E-state index in [-0.39, 0.29) is 0 Å². The van der Waals surface area contributed by atoms with Crippen LogP contribution in [0.1, 0.15) is 11.3 Å². The van der Waals surface area contributed by atoms with Crippen LogP contribution in [0.15, 0.2) is 77.7 Å². The van der Waals surface area contributed by atoms with E-state index in [9.17, 15) is 0 Å². The molecule has 8 heteroatoms. The van der Waals surface area contributed by atoms with Crippen LogP contribution in [0.2, 0.25) is 0 Å². The summed E-state index contributed by atoms with van der Waals surface area (Å²) in [6.45, 7) is 2.65. The van der Waals surface area contributed by atoms with Gasteiger partial charge in [0.25, 0.3) is 0 Å². The van der Waals surface area contributed by atoms with Crippen LogP contribution in [0, 0.1) is 6.92 Å². The summed E-state index contributed by atoms with van der Waals surface area (Å²) in [5.41, 5.74) is 4.81. The second kappa shape index (κ2) is 7.72. The minimum absolute atomic E-state index is 0.675. The topological polar surface area (TPSA) is 72.9 Å². The Kier molecular flexibility index (Phi) is 4.76. The molecule has 30 heavy (non-hydrogen) atoms. The fourth-order valence-electron chi connectivity index (χ4n) is 3.26. The molecule has 0 spiro atoms. The van der Waals surface area contributed by atoms with Gasteiger partial charge in [-0.3, -0.25) is 0 Å². The van der Waals surface area contributed by atoms with Crippen molar-refractivity contribution in [3.8, 4) is 17.1 Å². The van der Waals surface area contributed by atoms with Gasteiger partial charge >= 0.3 is 0 Å². The first kappa shape index (κ1) is 18.5. The summed E-state index contributed by atoms with van der Waals surface area (Å²) < 4.78 is 4.66. The third-order valence-electron chi connectivity index (χ3n) is 4.76. The van der Waals surface area contributed by atoms with Gasteiger partial charge in [0.1, 0.15) is 12.1 Å². The van der Waals surface area contributed by atoms with E-state index >= 15 is 0 Å². The van der Waals surface area contributed by atoms with Crippen molar-refractivity contribution in [1.29, 1.82) is 0 Å². The number of aromatic nitrogens is 6. The van der Waals surface area contributed by atoms with E-state index in [4.69, 9.17) is 5.10 Å². The van der Waals surface area contributed by atoms with Crippen molar-refractivity contribution in [2.75, 3.05) is 5.32 Å². The van der Waals surface area contributed by atoms with Crippen LogP contribution in [0.4, 0.5) is 5.82 Å². The van der Waals surface area contributed by atoms with Crippen LogP contribution in [0.3, 0.4) is 0 Å². The number of pyridine rings is 2. The van der Waals surface area contributed by atoms with Crippen LogP contribution in [-0.4, -0.2) is 29.4 Å². The Hall–Kier alpha value is -3.52. The summed E-state index contributed by atoms with van der Waals surface area (Å²) in [7, 11) is 0. The lowest BCUT2D eigenvalue weighted by Gasteiger charge is -2.07. The average Bonchev–Trinajstić information content (AvgIpc) is 3.40. The van der Waals surface area contributed by atoms with E-state index in [0.29, 0.717) is 6.54 Å². The second-order valence-electron chi connectivity index (χ2n) is 6.92. The molecule has 0 bridgehead atoms. The third-order valence-corrected chi connectivity index (χ3v) is 5.29. The van der Waals surface area contributed by atoms with E-state index in [1.165, 1.54) is 5.56 Å². The number of halogens is 1. The monoisotopic (exact) mass is 459 g/mol. The van der Waals surface area contributed by atoms with Gasteiger partial charge in [-0.05, 0) is 48.9 Å². The minimum Gasteiger partial charge on any atom is -0.364 e. The summed E-state index contributed by atoms with van der Waals surface area (Å²) in [5.74, 6) is 1.54. The zero-order valence-corrected chi connectivity index (χ0v) is 17.8. The molecule has 4 aromatic heterocycles. The molecule has 0 amide bonds. The van der Waals surface area contributed by atoms with Gasteiger partial charge in [-0.15, -0.1) is 5.10 Å². The van der Waals surface area contributed by atoms with Crippen LogP contribution in [-0.2, 0) is 6.54 Å².